The molecule has 0 fully saturated rings. The van der Waals surface area contributed by atoms with Gasteiger partial charge >= 0.3 is 0 Å². The Kier molecular flexibility index (Phi) is 2.81. The van der Waals surface area contributed by atoms with Crippen molar-refractivity contribution in [2.45, 2.75) is 19.8 Å². The lowest BCUT2D eigenvalue weighted by molar-refractivity contribution is 0.796. The molecule has 0 aliphatic carbocycles. The van der Waals surface area contributed by atoms with Crippen molar-refractivity contribution in [2.24, 2.45) is 0 Å². The number of halogens is 1. The van der Waals surface area contributed by atoms with Gasteiger partial charge in [0.05, 0.1) is 0 Å². The maximum atomic E-state index is 4.32. The van der Waals surface area contributed by atoms with Gasteiger partial charge < -0.3 is 0 Å². The Morgan fingerprint density at radius 2 is 2.13 bits per heavy atom. The van der Waals surface area contributed by atoms with Crippen LogP contribution in [-0.4, -0.2) is 19.5 Å². The van der Waals surface area contributed by atoms with E-state index in [0.29, 0.717) is 10.7 Å². The van der Waals surface area contributed by atoms with Crippen LogP contribution in [-0.2, 0) is 0 Å². The summed E-state index contributed by atoms with van der Waals surface area (Å²) in [6, 6.07) is 1.97. The molecule has 0 N–H and O–H groups in total. The standard InChI is InChI=1S/C10H11BrN4/c1-7(2)8-5-9(14-10(11)13-8)15-4-3-12-6-15/h3-7H,1-2H3. The number of imidazole rings is 1. The van der Waals surface area contributed by atoms with Crippen molar-refractivity contribution in [1.82, 2.24) is 19.5 Å². The first-order chi connectivity index (χ1) is 7.16. The average molecular weight is 267 g/mol. The third-order valence-electron chi connectivity index (χ3n) is 2.07. The van der Waals surface area contributed by atoms with Crippen LogP contribution in [0.4, 0.5) is 0 Å². The van der Waals surface area contributed by atoms with E-state index in [-0.39, 0.29) is 0 Å². The molecule has 2 rings (SSSR count). The van der Waals surface area contributed by atoms with Crippen LogP contribution in [0.25, 0.3) is 5.82 Å². The SMILES string of the molecule is CC(C)c1cc(-n2ccnc2)nc(Br)n1. The summed E-state index contributed by atoms with van der Waals surface area (Å²) in [6.07, 6.45) is 5.31. The average Bonchev–Trinajstić information content (AvgIpc) is 2.69. The van der Waals surface area contributed by atoms with E-state index in [1.807, 2.05) is 16.8 Å². The lowest BCUT2D eigenvalue weighted by Gasteiger charge is -2.07. The summed E-state index contributed by atoms with van der Waals surface area (Å²) in [5.74, 6) is 1.21. The quantitative estimate of drug-likeness (QED) is 0.785. The van der Waals surface area contributed by atoms with Crippen molar-refractivity contribution in [1.29, 1.82) is 0 Å². The minimum absolute atomic E-state index is 0.381. The fraction of sp³-hybridized carbons (Fsp3) is 0.300. The summed E-state index contributed by atoms with van der Waals surface area (Å²) in [7, 11) is 0. The van der Waals surface area contributed by atoms with Crippen LogP contribution in [0.3, 0.4) is 0 Å². The molecule has 0 saturated carbocycles. The first-order valence-corrected chi connectivity index (χ1v) is 5.49. The summed E-state index contributed by atoms with van der Waals surface area (Å²) in [5, 5.41) is 0. The number of aromatic nitrogens is 4. The van der Waals surface area contributed by atoms with Crippen LogP contribution >= 0.6 is 15.9 Å². The molecule has 0 unspecified atom stereocenters. The van der Waals surface area contributed by atoms with Crippen LogP contribution < -0.4 is 0 Å². The molecule has 2 aromatic heterocycles. The minimum atomic E-state index is 0.381. The van der Waals surface area contributed by atoms with Crippen molar-refractivity contribution in [3.63, 3.8) is 0 Å². The molecule has 0 saturated heterocycles. The fourth-order valence-electron chi connectivity index (χ4n) is 1.25. The van der Waals surface area contributed by atoms with Gasteiger partial charge in [0.25, 0.3) is 0 Å². The highest BCUT2D eigenvalue weighted by Crippen LogP contribution is 2.17. The van der Waals surface area contributed by atoms with Gasteiger partial charge in [0.2, 0.25) is 0 Å². The Hall–Kier alpha value is -1.23. The molecule has 4 nitrogen and oxygen atoms in total. The molecule has 0 spiro atoms. The molecule has 78 valence electrons. The molecular formula is C10H11BrN4. The molecule has 0 aliphatic heterocycles. The van der Waals surface area contributed by atoms with E-state index >= 15 is 0 Å². The van der Waals surface area contributed by atoms with Gasteiger partial charge in [-0.05, 0) is 21.8 Å². The van der Waals surface area contributed by atoms with Crippen LogP contribution in [0.1, 0.15) is 25.5 Å². The van der Waals surface area contributed by atoms with E-state index in [2.05, 4.69) is 44.7 Å². The first kappa shape index (κ1) is 10.3. The molecule has 0 bridgehead atoms. The lowest BCUT2D eigenvalue weighted by atomic mass is 10.1. The zero-order chi connectivity index (χ0) is 10.8. The van der Waals surface area contributed by atoms with Crippen molar-refractivity contribution >= 4 is 15.9 Å². The first-order valence-electron chi connectivity index (χ1n) is 4.69. The van der Waals surface area contributed by atoms with Gasteiger partial charge in [-0.15, -0.1) is 0 Å². The Labute approximate surface area is 96.5 Å². The largest absolute Gasteiger partial charge is 0.290 e. The fourth-order valence-corrected chi connectivity index (χ4v) is 1.63. The highest BCUT2D eigenvalue weighted by Gasteiger charge is 2.06. The van der Waals surface area contributed by atoms with Gasteiger partial charge in [-0.1, -0.05) is 13.8 Å². The monoisotopic (exact) mass is 266 g/mol. The second-order valence-electron chi connectivity index (χ2n) is 3.54. The molecule has 0 amide bonds. The smallest absolute Gasteiger partial charge is 0.198 e. The normalized spacial score (nSPS) is 10.9. The molecule has 0 aromatic carbocycles. The van der Waals surface area contributed by atoms with Crippen molar-refractivity contribution in [2.75, 3.05) is 0 Å². The summed E-state index contributed by atoms with van der Waals surface area (Å²) < 4.78 is 2.47. The summed E-state index contributed by atoms with van der Waals surface area (Å²) in [5.41, 5.74) is 1.01. The van der Waals surface area contributed by atoms with Gasteiger partial charge in [-0.25, -0.2) is 15.0 Å². The topological polar surface area (TPSA) is 43.6 Å². The highest BCUT2D eigenvalue weighted by molar-refractivity contribution is 9.10. The predicted octanol–water partition coefficient (Wildman–Crippen LogP) is 2.55. The zero-order valence-electron chi connectivity index (χ0n) is 8.55. The van der Waals surface area contributed by atoms with E-state index in [9.17, 15) is 0 Å². The molecule has 0 radical (unpaired) electrons. The maximum Gasteiger partial charge on any atom is 0.198 e. The van der Waals surface area contributed by atoms with Crippen molar-refractivity contribution in [3.8, 4) is 5.82 Å². The zero-order valence-corrected chi connectivity index (χ0v) is 10.1. The van der Waals surface area contributed by atoms with Crippen molar-refractivity contribution < 1.29 is 0 Å². The number of hydrogen-bond acceptors (Lipinski definition) is 3. The Balaban J connectivity index is 2.49. The van der Waals surface area contributed by atoms with E-state index in [1.54, 1.807) is 12.5 Å². The molecule has 2 heterocycles. The second kappa shape index (κ2) is 4.10. The van der Waals surface area contributed by atoms with E-state index in [4.69, 9.17) is 0 Å². The maximum absolute atomic E-state index is 4.32. The van der Waals surface area contributed by atoms with Gasteiger partial charge in [-0.2, -0.15) is 0 Å². The molecule has 0 atom stereocenters. The number of hydrogen-bond donors (Lipinski definition) is 0. The highest BCUT2D eigenvalue weighted by atomic mass is 79.9. The van der Waals surface area contributed by atoms with Crippen LogP contribution in [0.15, 0.2) is 29.5 Å². The Bertz CT molecular complexity index is 450. The summed E-state index contributed by atoms with van der Waals surface area (Å²) in [4.78, 5) is 12.6. The molecule has 15 heavy (non-hydrogen) atoms. The predicted molar refractivity (Wildman–Crippen MR) is 60.9 cm³/mol. The van der Waals surface area contributed by atoms with Gasteiger partial charge in [-0.3, -0.25) is 4.57 Å². The van der Waals surface area contributed by atoms with Gasteiger partial charge in [0.15, 0.2) is 4.73 Å². The molecule has 2 aromatic rings. The second-order valence-corrected chi connectivity index (χ2v) is 4.25. The Morgan fingerprint density at radius 3 is 2.73 bits per heavy atom. The minimum Gasteiger partial charge on any atom is -0.290 e. The van der Waals surface area contributed by atoms with Crippen LogP contribution in [0.5, 0.6) is 0 Å². The van der Waals surface area contributed by atoms with Gasteiger partial charge in [0.1, 0.15) is 12.1 Å². The summed E-state index contributed by atoms with van der Waals surface area (Å²) in [6.45, 7) is 4.21. The van der Waals surface area contributed by atoms with Crippen molar-refractivity contribution in [3.05, 3.63) is 35.2 Å². The molecule has 0 aliphatic rings. The van der Waals surface area contributed by atoms with Crippen LogP contribution in [0, 0.1) is 0 Å². The molecular weight excluding hydrogens is 256 g/mol. The third kappa shape index (κ3) is 2.23. The van der Waals surface area contributed by atoms with E-state index in [0.717, 1.165) is 11.5 Å². The summed E-state index contributed by atoms with van der Waals surface area (Å²) >= 11 is 3.31. The lowest BCUT2D eigenvalue weighted by Crippen LogP contribution is -2.01. The van der Waals surface area contributed by atoms with Gasteiger partial charge in [0, 0.05) is 24.2 Å². The number of rotatable bonds is 2. The third-order valence-corrected chi connectivity index (χ3v) is 2.42. The molecule has 5 heteroatoms. The van der Waals surface area contributed by atoms with E-state index in [1.165, 1.54) is 0 Å². The number of nitrogens with zero attached hydrogens (tertiary/aromatic N) is 4. The Morgan fingerprint density at radius 1 is 1.33 bits per heavy atom. The van der Waals surface area contributed by atoms with Crippen LogP contribution in [0.2, 0.25) is 0 Å². The van der Waals surface area contributed by atoms with E-state index < -0.39 is 0 Å².